The van der Waals surface area contributed by atoms with Crippen molar-refractivity contribution >= 4 is 28.4 Å². The monoisotopic (exact) mass is 472 g/mol. The lowest BCUT2D eigenvalue weighted by atomic mass is 10.0. The van der Waals surface area contributed by atoms with Gasteiger partial charge < -0.3 is 15.1 Å². The van der Waals surface area contributed by atoms with Crippen molar-refractivity contribution in [3.63, 3.8) is 0 Å². The van der Waals surface area contributed by atoms with Crippen molar-refractivity contribution in [2.45, 2.75) is 39.2 Å². The first kappa shape index (κ1) is 23.7. The molecule has 180 valence electrons. The Morgan fingerprint density at radius 1 is 1.15 bits per heavy atom. The van der Waals surface area contributed by atoms with Crippen LogP contribution in [0.3, 0.4) is 0 Å². The van der Waals surface area contributed by atoms with E-state index in [1.54, 1.807) is 34.0 Å². The molecule has 0 aliphatic carbocycles. The maximum absolute atomic E-state index is 14.7. The molecule has 1 saturated heterocycles. The summed E-state index contributed by atoms with van der Waals surface area (Å²) in [5.41, 5.74) is 1.03. The van der Waals surface area contributed by atoms with Crippen molar-refractivity contribution < 1.29 is 18.0 Å². The minimum atomic E-state index is -2.92. The van der Waals surface area contributed by atoms with Gasteiger partial charge in [-0.1, -0.05) is 18.2 Å². The van der Waals surface area contributed by atoms with Gasteiger partial charge in [0.05, 0.1) is 28.4 Å². The average molecular weight is 473 g/mol. The summed E-state index contributed by atoms with van der Waals surface area (Å²) in [6.07, 6.45) is -0.868. The molecule has 0 saturated carbocycles. The molecule has 1 atom stereocenters. The van der Waals surface area contributed by atoms with Crippen LogP contribution in [-0.4, -0.2) is 53.2 Å². The number of aromatic nitrogens is 3. The number of carbonyl (C=O) groups is 1. The number of nitrogens with zero attached hydrogens (tertiary/aromatic N) is 5. The van der Waals surface area contributed by atoms with Gasteiger partial charge in [-0.2, -0.15) is 5.10 Å². The third kappa shape index (κ3) is 4.36. The Kier molecular flexibility index (Phi) is 6.58. The SMILES string of the molecule is Cc1nnc(N[C@H](C)c2cccc(C(F)F)c2F)c2cc(C(=O)N(C)C)c(N3CCCC3)nc12. The number of fused-ring (bicyclic) bond motifs is 1. The summed E-state index contributed by atoms with van der Waals surface area (Å²) in [7, 11) is 3.35. The number of hydrogen-bond donors (Lipinski definition) is 1. The summed E-state index contributed by atoms with van der Waals surface area (Å²) in [5.74, 6) is -0.252. The van der Waals surface area contributed by atoms with Crippen LogP contribution in [-0.2, 0) is 0 Å². The Balaban J connectivity index is 1.81. The number of carbonyl (C=O) groups excluding carboxylic acids is 1. The summed E-state index contributed by atoms with van der Waals surface area (Å²) in [6, 6.07) is 4.97. The molecule has 1 aromatic carbocycles. The van der Waals surface area contributed by atoms with Gasteiger partial charge in [0.25, 0.3) is 12.3 Å². The number of nitrogens with one attached hydrogen (secondary N) is 1. The van der Waals surface area contributed by atoms with Crippen LogP contribution in [0.25, 0.3) is 10.9 Å². The second-order valence-corrected chi connectivity index (χ2v) is 8.70. The number of anilines is 2. The van der Waals surface area contributed by atoms with Crippen LogP contribution in [0, 0.1) is 12.7 Å². The number of benzene rings is 1. The first-order chi connectivity index (χ1) is 16.2. The van der Waals surface area contributed by atoms with E-state index >= 15 is 0 Å². The molecule has 1 aliphatic rings. The van der Waals surface area contributed by atoms with Crippen LogP contribution < -0.4 is 10.2 Å². The lowest BCUT2D eigenvalue weighted by Gasteiger charge is -2.23. The van der Waals surface area contributed by atoms with E-state index in [-0.39, 0.29) is 11.5 Å². The van der Waals surface area contributed by atoms with Crippen molar-refractivity contribution in [2.75, 3.05) is 37.4 Å². The fourth-order valence-electron chi connectivity index (χ4n) is 4.22. The fourth-order valence-corrected chi connectivity index (χ4v) is 4.22. The van der Waals surface area contributed by atoms with Crippen molar-refractivity contribution in [1.82, 2.24) is 20.1 Å². The summed E-state index contributed by atoms with van der Waals surface area (Å²) in [6.45, 7) is 5.05. The number of aryl methyl sites for hydroxylation is 1. The van der Waals surface area contributed by atoms with Gasteiger partial charge in [-0.3, -0.25) is 4.79 Å². The molecule has 2 aromatic heterocycles. The Hall–Kier alpha value is -3.43. The van der Waals surface area contributed by atoms with Crippen LogP contribution in [0.5, 0.6) is 0 Å². The van der Waals surface area contributed by atoms with Crippen molar-refractivity contribution in [3.05, 3.63) is 52.5 Å². The fraction of sp³-hybridized carbons (Fsp3) is 0.417. The summed E-state index contributed by atoms with van der Waals surface area (Å²) < 4.78 is 41.1. The van der Waals surface area contributed by atoms with E-state index in [2.05, 4.69) is 20.4 Å². The molecule has 1 aliphatic heterocycles. The molecule has 0 spiro atoms. The second-order valence-electron chi connectivity index (χ2n) is 8.70. The van der Waals surface area contributed by atoms with Gasteiger partial charge in [0.15, 0.2) is 5.82 Å². The van der Waals surface area contributed by atoms with E-state index in [0.717, 1.165) is 32.0 Å². The Morgan fingerprint density at radius 3 is 2.47 bits per heavy atom. The zero-order chi connectivity index (χ0) is 24.6. The second kappa shape index (κ2) is 9.44. The van der Waals surface area contributed by atoms with E-state index in [9.17, 15) is 18.0 Å². The largest absolute Gasteiger partial charge is 0.361 e. The molecule has 4 rings (SSSR count). The Labute approximate surface area is 196 Å². The zero-order valence-electron chi connectivity index (χ0n) is 19.6. The smallest absolute Gasteiger partial charge is 0.266 e. The van der Waals surface area contributed by atoms with Crippen molar-refractivity contribution in [1.29, 1.82) is 0 Å². The van der Waals surface area contributed by atoms with Gasteiger partial charge in [0.2, 0.25) is 0 Å². The molecule has 1 fully saturated rings. The average Bonchev–Trinajstić information content (AvgIpc) is 3.34. The van der Waals surface area contributed by atoms with Crippen molar-refractivity contribution in [2.24, 2.45) is 0 Å². The minimum Gasteiger partial charge on any atom is -0.361 e. The molecule has 0 bridgehead atoms. The number of amides is 1. The highest BCUT2D eigenvalue weighted by Gasteiger charge is 2.26. The zero-order valence-corrected chi connectivity index (χ0v) is 19.6. The van der Waals surface area contributed by atoms with Gasteiger partial charge in [-0.15, -0.1) is 5.10 Å². The third-order valence-electron chi connectivity index (χ3n) is 6.06. The predicted octanol–water partition coefficient (Wildman–Crippen LogP) is 4.89. The van der Waals surface area contributed by atoms with Gasteiger partial charge in [-0.05, 0) is 32.8 Å². The van der Waals surface area contributed by atoms with E-state index in [0.29, 0.717) is 33.8 Å². The molecule has 3 heterocycles. The molecular formula is C24H27F3N6O. The van der Waals surface area contributed by atoms with Crippen LogP contribution >= 0.6 is 0 Å². The highest BCUT2D eigenvalue weighted by molar-refractivity contribution is 6.04. The predicted molar refractivity (Wildman–Crippen MR) is 125 cm³/mol. The highest BCUT2D eigenvalue weighted by Crippen LogP contribution is 2.33. The summed E-state index contributed by atoms with van der Waals surface area (Å²) >= 11 is 0. The Bertz CT molecular complexity index is 1230. The number of rotatable bonds is 6. The molecule has 1 amide bonds. The minimum absolute atomic E-state index is 0.0829. The number of pyridine rings is 1. The van der Waals surface area contributed by atoms with Gasteiger partial charge in [0, 0.05) is 38.1 Å². The maximum atomic E-state index is 14.7. The lowest BCUT2D eigenvalue weighted by molar-refractivity contribution is 0.0828. The standard InChI is InChI=1S/C24H27F3N6O/c1-13(15-8-7-9-16(19(15)25)21(26)27)28-22-17-12-18(24(34)32(3)4)23(33-10-5-6-11-33)29-20(17)14(2)30-31-22/h7-9,12-13,21H,5-6,10-11H2,1-4H3,(H,28,31)/t13-/m1/s1. The highest BCUT2D eigenvalue weighted by atomic mass is 19.3. The van der Waals surface area contributed by atoms with E-state index in [1.165, 1.54) is 17.0 Å². The summed E-state index contributed by atoms with van der Waals surface area (Å²) in [4.78, 5) is 21.4. The molecule has 0 radical (unpaired) electrons. The van der Waals surface area contributed by atoms with Gasteiger partial charge in [0.1, 0.15) is 11.6 Å². The van der Waals surface area contributed by atoms with E-state index < -0.39 is 23.8 Å². The van der Waals surface area contributed by atoms with Crippen LogP contribution in [0.15, 0.2) is 24.3 Å². The molecule has 7 nitrogen and oxygen atoms in total. The molecule has 34 heavy (non-hydrogen) atoms. The van der Waals surface area contributed by atoms with Crippen LogP contribution in [0.1, 0.15) is 59.4 Å². The van der Waals surface area contributed by atoms with Crippen LogP contribution in [0.4, 0.5) is 24.8 Å². The number of alkyl halides is 2. The Morgan fingerprint density at radius 2 is 1.82 bits per heavy atom. The number of halogens is 3. The summed E-state index contributed by atoms with van der Waals surface area (Å²) in [5, 5.41) is 12.1. The molecular weight excluding hydrogens is 445 g/mol. The number of hydrogen-bond acceptors (Lipinski definition) is 6. The first-order valence-corrected chi connectivity index (χ1v) is 11.2. The maximum Gasteiger partial charge on any atom is 0.266 e. The van der Waals surface area contributed by atoms with Crippen LogP contribution in [0.2, 0.25) is 0 Å². The normalized spacial score (nSPS) is 14.6. The first-order valence-electron chi connectivity index (χ1n) is 11.2. The topological polar surface area (TPSA) is 74.2 Å². The lowest BCUT2D eigenvalue weighted by Crippen LogP contribution is -2.27. The quantitative estimate of drug-likeness (QED) is 0.551. The van der Waals surface area contributed by atoms with E-state index in [1.807, 2.05) is 0 Å². The van der Waals surface area contributed by atoms with Crippen molar-refractivity contribution in [3.8, 4) is 0 Å². The molecule has 1 N–H and O–H groups in total. The van der Waals surface area contributed by atoms with Gasteiger partial charge >= 0.3 is 0 Å². The molecule has 0 unspecified atom stereocenters. The van der Waals surface area contributed by atoms with Gasteiger partial charge in [-0.25, -0.2) is 18.2 Å². The molecule has 3 aromatic rings. The third-order valence-corrected chi connectivity index (χ3v) is 6.06. The van der Waals surface area contributed by atoms with E-state index in [4.69, 9.17) is 4.98 Å². The molecule has 10 heteroatoms.